The lowest BCUT2D eigenvalue weighted by Crippen LogP contribution is -2.54. The maximum absolute atomic E-state index is 11.9. The molecule has 0 radical (unpaired) electrons. The number of nitrogens with one attached hydrogen (secondary N) is 2. The van der Waals surface area contributed by atoms with Gasteiger partial charge in [-0.05, 0) is 24.2 Å². The van der Waals surface area contributed by atoms with E-state index in [2.05, 4.69) is 17.6 Å². The van der Waals surface area contributed by atoms with Crippen molar-refractivity contribution in [2.45, 2.75) is 65.5 Å². The van der Waals surface area contributed by atoms with Gasteiger partial charge in [0.2, 0.25) is 0 Å². The van der Waals surface area contributed by atoms with Crippen molar-refractivity contribution >= 4 is 12.0 Å². The Balaban J connectivity index is 2.51. The van der Waals surface area contributed by atoms with Crippen molar-refractivity contribution in [2.75, 3.05) is 0 Å². The Hall–Kier alpha value is -1.26. The number of hydrogen-bond donors (Lipinski definition) is 3. The monoisotopic (exact) mass is 270 g/mol. The van der Waals surface area contributed by atoms with Gasteiger partial charge in [0, 0.05) is 6.04 Å². The van der Waals surface area contributed by atoms with Gasteiger partial charge in [-0.1, -0.05) is 40.5 Å². The summed E-state index contributed by atoms with van der Waals surface area (Å²) in [7, 11) is 0. The van der Waals surface area contributed by atoms with Gasteiger partial charge in [-0.3, -0.25) is 0 Å². The Labute approximate surface area is 115 Å². The van der Waals surface area contributed by atoms with Gasteiger partial charge in [-0.25, -0.2) is 9.59 Å². The second-order valence-corrected chi connectivity index (χ2v) is 6.72. The van der Waals surface area contributed by atoms with E-state index < -0.39 is 17.4 Å². The second kappa shape index (κ2) is 6.26. The summed E-state index contributed by atoms with van der Waals surface area (Å²) in [6, 6.07) is -1.09. The van der Waals surface area contributed by atoms with Gasteiger partial charge >= 0.3 is 12.0 Å². The molecule has 0 aromatic carbocycles. The van der Waals surface area contributed by atoms with Crippen LogP contribution in [0.25, 0.3) is 0 Å². The first-order valence-corrected chi connectivity index (χ1v) is 7.00. The minimum absolute atomic E-state index is 0.165. The van der Waals surface area contributed by atoms with Gasteiger partial charge in [-0.15, -0.1) is 0 Å². The molecule has 5 nitrogen and oxygen atoms in total. The highest BCUT2D eigenvalue weighted by Gasteiger charge is 2.33. The Morgan fingerprint density at radius 2 is 1.89 bits per heavy atom. The van der Waals surface area contributed by atoms with Crippen molar-refractivity contribution in [1.82, 2.24) is 10.6 Å². The molecule has 3 N–H and O–H groups in total. The van der Waals surface area contributed by atoms with E-state index in [0.717, 1.165) is 19.3 Å². The average molecular weight is 270 g/mol. The van der Waals surface area contributed by atoms with Crippen molar-refractivity contribution in [1.29, 1.82) is 0 Å². The van der Waals surface area contributed by atoms with Crippen LogP contribution in [-0.4, -0.2) is 29.2 Å². The van der Waals surface area contributed by atoms with E-state index in [1.54, 1.807) is 20.8 Å². The molecule has 0 aromatic heterocycles. The zero-order chi connectivity index (χ0) is 14.6. The van der Waals surface area contributed by atoms with Crippen molar-refractivity contribution in [3.05, 3.63) is 0 Å². The lowest BCUT2D eigenvalue weighted by molar-refractivity contribution is -0.141. The highest BCUT2D eigenvalue weighted by Crippen LogP contribution is 2.23. The van der Waals surface area contributed by atoms with Gasteiger partial charge in [0.05, 0.1) is 0 Å². The summed E-state index contributed by atoms with van der Waals surface area (Å²) in [6.45, 7) is 7.58. The second-order valence-electron chi connectivity index (χ2n) is 6.72. The van der Waals surface area contributed by atoms with Gasteiger partial charge in [0.1, 0.15) is 6.04 Å². The van der Waals surface area contributed by atoms with E-state index in [0.29, 0.717) is 5.92 Å². The third-order valence-electron chi connectivity index (χ3n) is 3.66. The minimum atomic E-state index is -1.00. The molecule has 3 atom stereocenters. The van der Waals surface area contributed by atoms with Crippen LogP contribution in [0.4, 0.5) is 4.79 Å². The molecule has 3 unspecified atom stereocenters. The van der Waals surface area contributed by atoms with Gasteiger partial charge in [-0.2, -0.15) is 0 Å². The predicted molar refractivity (Wildman–Crippen MR) is 74.0 cm³/mol. The normalized spacial score (nSPS) is 25.5. The highest BCUT2D eigenvalue weighted by molar-refractivity contribution is 5.83. The molecule has 0 heterocycles. The van der Waals surface area contributed by atoms with E-state index in [4.69, 9.17) is 5.11 Å². The van der Waals surface area contributed by atoms with Crippen molar-refractivity contribution < 1.29 is 14.7 Å². The lowest BCUT2D eigenvalue weighted by atomic mass is 9.86. The Morgan fingerprint density at radius 3 is 2.37 bits per heavy atom. The molecular weight excluding hydrogens is 244 g/mol. The average Bonchev–Trinajstić information content (AvgIpc) is 2.24. The van der Waals surface area contributed by atoms with Crippen molar-refractivity contribution in [3.63, 3.8) is 0 Å². The number of carbonyl (C=O) groups excluding carboxylic acids is 1. The molecule has 1 rings (SSSR count). The number of hydrogen-bond acceptors (Lipinski definition) is 2. The molecule has 0 aliphatic heterocycles. The lowest BCUT2D eigenvalue weighted by Gasteiger charge is -2.31. The molecule has 1 fully saturated rings. The van der Waals surface area contributed by atoms with Crippen LogP contribution in [0, 0.1) is 11.3 Å². The quantitative estimate of drug-likeness (QED) is 0.736. The van der Waals surface area contributed by atoms with Gasteiger partial charge < -0.3 is 15.7 Å². The fourth-order valence-electron chi connectivity index (χ4n) is 2.57. The van der Waals surface area contributed by atoms with E-state index >= 15 is 0 Å². The Kier molecular flexibility index (Phi) is 5.20. The zero-order valence-corrected chi connectivity index (χ0v) is 12.3. The van der Waals surface area contributed by atoms with Crippen LogP contribution in [-0.2, 0) is 4.79 Å². The number of carboxylic acids is 1. The number of rotatable bonds is 3. The molecule has 19 heavy (non-hydrogen) atoms. The summed E-state index contributed by atoms with van der Waals surface area (Å²) < 4.78 is 0. The smallest absolute Gasteiger partial charge is 0.326 e. The largest absolute Gasteiger partial charge is 0.480 e. The standard InChI is InChI=1S/C14H26N2O3/c1-9-6-5-7-10(8-9)15-13(19)16-11(12(17)18)14(2,3)4/h9-11H,5-8H2,1-4H3,(H,17,18)(H2,15,16,19). The van der Waals surface area contributed by atoms with Crippen LogP contribution in [0.5, 0.6) is 0 Å². The third kappa shape index (κ3) is 5.09. The molecule has 1 aliphatic rings. The summed E-state index contributed by atoms with van der Waals surface area (Å²) in [5.41, 5.74) is -0.511. The van der Waals surface area contributed by atoms with Crippen LogP contribution >= 0.6 is 0 Å². The van der Waals surface area contributed by atoms with Crippen LogP contribution in [0.15, 0.2) is 0 Å². The predicted octanol–water partition coefficient (Wildman–Crippen LogP) is 2.36. The summed E-state index contributed by atoms with van der Waals surface area (Å²) >= 11 is 0. The molecule has 0 bridgehead atoms. The number of urea groups is 1. The van der Waals surface area contributed by atoms with Crippen LogP contribution in [0.1, 0.15) is 53.4 Å². The van der Waals surface area contributed by atoms with E-state index in [-0.39, 0.29) is 12.1 Å². The number of carbonyl (C=O) groups is 2. The molecule has 0 saturated heterocycles. The maximum atomic E-state index is 11.9. The molecular formula is C14H26N2O3. The van der Waals surface area contributed by atoms with Gasteiger partial charge in [0.15, 0.2) is 0 Å². The molecule has 2 amide bonds. The van der Waals surface area contributed by atoms with E-state index in [9.17, 15) is 9.59 Å². The Bertz CT molecular complexity index is 336. The molecule has 1 saturated carbocycles. The molecule has 0 spiro atoms. The summed E-state index contributed by atoms with van der Waals surface area (Å²) in [5, 5.41) is 14.6. The van der Waals surface area contributed by atoms with Crippen LogP contribution in [0.3, 0.4) is 0 Å². The van der Waals surface area contributed by atoms with Crippen LogP contribution < -0.4 is 10.6 Å². The minimum Gasteiger partial charge on any atom is -0.480 e. The van der Waals surface area contributed by atoms with E-state index in [1.165, 1.54) is 6.42 Å². The fraction of sp³-hybridized carbons (Fsp3) is 0.857. The zero-order valence-electron chi connectivity index (χ0n) is 12.3. The number of carboxylic acid groups (broad SMARTS) is 1. The van der Waals surface area contributed by atoms with E-state index in [1.807, 2.05) is 0 Å². The third-order valence-corrected chi connectivity index (χ3v) is 3.66. The van der Waals surface area contributed by atoms with Crippen LogP contribution in [0.2, 0.25) is 0 Å². The number of aliphatic carboxylic acids is 1. The van der Waals surface area contributed by atoms with Gasteiger partial charge in [0.25, 0.3) is 0 Å². The maximum Gasteiger partial charge on any atom is 0.326 e. The fourth-order valence-corrected chi connectivity index (χ4v) is 2.57. The highest BCUT2D eigenvalue weighted by atomic mass is 16.4. The van der Waals surface area contributed by atoms with Crippen molar-refractivity contribution in [2.24, 2.45) is 11.3 Å². The first-order valence-electron chi connectivity index (χ1n) is 7.00. The Morgan fingerprint density at radius 1 is 1.26 bits per heavy atom. The topological polar surface area (TPSA) is 78.4 Å². The molecule has 0 aromatic rings. The summed E-state index contributed by atoms with van der Waals surface area (Å²) in [4.78, 5) is 23.1. The molecule has 1 aliphatic carbocycles. The number of amides is 2. The van der Waals surface area contributed by atoms with Crippen molar-refractivity contribution in [3.8, 4) is 0 Å². The molecule has 110 valence electrons. The summed E-state index contributed by atoms with van der Waals surface area (Å²) in [6.07, 6.45) is 4.28. The molecule has 5 heteroatoms. The summed E-state index contributed by atoms with van der Waals surface area (Å²) in [5.74, 6) is -0.378. The SMILES string of the molecule is CC1CCCC(NC(=O)NC(C(=O)O)C(C)(C)C)C1. The first kappa shape index (κ1) is 15.8. The first-order chi connectivity index (χ1) is 8.70.